The minimum absolute atomic E-state index is 0.239. The monoisotopic (exact) mass is 1410 g/mol. The van der Waals surface area contributed by atoms with Crippen LogP contribution in [0.4, 0.5) is 0 Å². The lowest BCUT2D eigenvalue weighted by molar-refractivity contribution is -0.379. The van der Waals surface area contributed by atoms with Crippen LogP contribution in [0.2, 0.25) is 0 Å². The molecule has 0 bridgehead atoms. The van der Waals surface area contributed by atoms with Crippen molar-refractivity contribution in [1.82, 2.24) is 5.32 Å². The average Bonchev–Trinajstić information content (AvgIpc) is 0.785. The maximum atomic E-state index is 13.5. The van der Waals surface area contributed by atoms with Crippen LogP contribution in [-0.4, -0.2) is 193 Å². The molecule has 0 aromatic rings. The highest BCUT2D eigenvalue weighted by Crippen LogP contribution is 2.33. The lowest BCUT2D eigenvalue weighted by atomic mass is 9.96. The lowest BCUT2D eigenvalue weighted by Crippen LogP contribution is -2.66. The van der Waals surface area contributed by atoms with Crippen LogP contribution in [0.15, 0.2) is 72.9 Å². The summed E-state index contributed by atoms with van der Waals surface area (Å²) in [6.45, 7) is 1.65. The van der Waals surface area contributed by atoms with Gasteiger partial charge in [0.15, 0.2) is 18.9 Å². The Labute approximate surface area is 598 Å². The largest absolute Gasteiger partial charge is 0.394 e. The second-order valence-electron chi connectivity index (χ2n) is 28.1. The molecule has 576 valence electrons. The SMILES string of the molecule is CC/C=C\C/C=C\C/C=C\C/C=C\C/C=C\CCCCCCCCCCCCCCCC(=O)NC(COC1OC(CO)C(OC2OC(CO)C(OC3OC(CO)C(O)C(O)C3O)C(O)C2O)C(O)C1O)C(O)/C=C/CCCCCCCCCCCCCCCCCCCCCCCCC. The summed E-state index contributed by atoms with van der Waals surface area (Å²) >= 11 is 0. The summed E-state index contributed by atoms with van der Waals surface area (Å²) in [6, 6.07) is -0.979. The molecule has 3 aliphatic rings. The zero-order chi connectivity index (χ0) is 71.8. The minimum Gasteiger partial charge on any atom is -0.394 e. The summed E-state index contributed by atoms with van der Waals surface area (Å²) in [7, 11) is 0. The molecule has 3 rings (SSSR count). The standard InChI is InChI=1S/C80H143NO18/c1-3-5-7-9-11-13-15-17-19-21-23-25-27-29-30-31-32-34-36-38-40-42-44-46-48-50-52-54-56-58-68(86)81-63(64(85)57-55-53-51-49-47-45-43-41-39-37-35-33-28-26-24-22-20-18-16-14-12-10-8-6-4-2)62-94-78-74(92)71(89)76(66(60-83)96-78)99-80-75(93)72(90)77(67(61-84)97-80)98-79-73(91)70(88)69(87)65(59-82)95-79/h5,7,11,13,17,19,23,25,29-30,55,57,63-67,69-80,82-85,87-93H,3-4,6,8-10,12,14-16,18,20-22,24,26-28,31-54,56,58-62H2,1-2H3,(H,81,86)/b7-5-,13-11-,19-17-,25-23-,30-29-,57-55+. The molecule has 99 heavy (non-hydrogen) atoms. The van der Waals surface area contributed by atoms with Crippen LogP contribution in [0, 0.1) is 0 Å². The third-order valence-electron chi connectivity index (χ3n) is 19.5. The van der Waals surface area contributed by atoms with Crippen LogP contribution in [0.3, 0.4) is 0 Å². The van der Waals surface area contributed by atoms with E-state index in [-0.39, 0.29) is 18.9 Å². The normalized spacial score (nSPS) is 27.0. The van der Waals surface area contributed by atoms with Gasteiger partial charge in [0.05, 0.1) is 38.6 Å². The van der Waals surface area contributed by atoms with E-state index in [2.05, 4.69) is 79.9 Å². The van der Waals surface area contributed by atoms with Crippen LogP contribution < -0.4 is 5.32 Å². The molecule has 17 unspecified atom stereocenters. The molecular weight excluding hydrogens is 1260 g/mol. The number of allylic oxidation sites excluding steroid dienone is 11. The first-order chi connectivity index (χ1) is 48.3. The molecular formula is C80H143NO18. The Morgan fingerprint density at radius 2 is 0.697 bits per heavy atom. The molecule has 3 fully saturated rings. The zero-order valence-corrected chi connectivity index (χ0v) is 61.5. The average molecular weight is 1410 g/mol. The van der Waals surface area contributed by atoms with Gasteiger partial charge in [-0.2, -0.15) is 0 Å². The number of aliphatic hydroxyl groups excluding tert-OH is 11. The number of unbranched alkanes of at least 4 members (excludes halogenated alkanes) is 36. The summed E-state index contributed by atoms with van der Waals surface area (Å²) in [5, 5.41) is 121. The zero-order valence-electron chi connectivity index (χ0n) is 61.5. The number of carbonyl (C=O) groups excluding carboxylic acids is 1. The number of carbonyl (C=O) groups is 1. The van der Waals surface area contributed by atoms with Crippen LogP contribution >= 0.6 is 0 Å². The van der Waals surface area contributed by atoms with Crippen molar-refractivity contribution in [3.05, 3.63) is 72.9 Å². The molecule has 19 nitrogen and oxygen atoms in total. The number of hydrogen-bond acceptors (Lipinski definition) is 18. The van der Waals surface area contributed by atoms with Crippen LogP contribution in [0.5, 0.6) is 0 Å². The minimum atomic E-state index is -1.98. The first-order valence-electron chi connectivity index (χ1n) is 39.7. The van der Waals surface area contributed by atoms with Gasteiger partial charge in [-0.3, -0.25) is 4.79 Å². The van der Waals surface area contributed by atoms with Gasteiger partial charge in [0.25, 0.3) is 0 Å². The Morgan fingerprint density at radius 3 is 1.09 bits per heavy atom. The highest BCUT2D eigenvalue weighted by Gasteiger charge is 2.53. The highest BCUT2D eigenvalue weighted by molar-refractivity contribution is 5.76. The van der Waals surface area contributed by atoms with Gasteiger partial charge in [0.2, 0.25) is 5.91 Å². The fraction of sp³-hybridized carbons (Fsp3) is 0.838. The second-order valence-corrected chi connectivity index (χ2v) is 28.1. The summed E-state index contributed by atoms with van der Waals surface area (Å²) < 4.78 is 34.5. The number of amides is 1. The van der Waals surface area contributed by atoms with Gasteiger partial charge in [0, 0.05) is 6.42 Å². The summed E-state index contributed by atoms with van der Waals surface area (Å²) in [5.41, 5.74) is 0. The summed E-state index contributed by atoms with van der Waals surface area (Å²) in [6.07, 6.45) is 51.6. The molecule has 19 heteroatoms. The maximum Gasteiger partial charge on any atom is 0.220 e. The molecule has 3 saturated heterocycles. The number of ether oxygens (including phenoxy) is 6. The van der Waals surface area contributed by atoms with E-state index in [1.54, 1.807) is 6.08 Å². The van der Waals surface area contributed by atoms with Gasteiger partial charge >= 0.3 is 0 Å². The van der Waals surface area contributed by atoms with E-state index >= 15 is 0 Å². The van der Waals surface area contributed by atoms with Crippen molar-refractivity contribution in [3.63, 3.8) is 0 Å². The van der Waals surface area contributed by atoms with E-state index in [4.69, 9.17) is 28.4 Å². The third kappa shape index (κ3) is 40.9. The molecule has 3 heterocycles. The lowest BCUT2D eigenvalue weighted by Gasteiger charge is -2.48. The fourth-order valence-corrected chi connectivity index (χ4v) is 13.2. The molecule has 1 amide bonds. The second kappa shape index (κ2) is 60.5. The molecule has 0 saturated carbocycles. The van der Waals surface area contributed by atoms with Crippen molar-refractivity contribution in [3.8, 4) is 0 Å². The van der Waals surface area contributed by atoms with Gasteiger partial charge in [-0.25, -0.2) is 0 Å². The number of aliphatic hydroxyl groups is 11. The van der Waals surface area contributed by atoms with Gasteiger partial charge in [-0.15, -0.1) is 0 Å². The Bertz CT molecular complexity index is 2070. The van der Waals surface area contributed by atoms with Crippen molar-refractivity contribution in [1.29, 1.82) is 0 Å². The molecule has 0 aliphatic carbocycles. The molecule has 17 atom stereocenters. The molecule has 0 spiro atoms. The van der Waals surface area contributed by atoms with Crippen LogP contribution in [-0.2, 0) is 33.2 Å². The van der Waals surface area contributed by atoms with Gasteiger partial charge in [-0.1, -0.05) is 299 Å². The van der Waals surface area contributed by atoms with Gasteiger partial charge < -0.3 is 89.9 Å². The molecule has 12 N–H and O–H groups in total. The van der Waals surface area contributed by atoms with Crippen molar-refractivity contribution >= 4 is 5.91 Å². The number of rotatable bonds is 62. The van der Waals surface area contributed by atoms with Crippen molar-refractivity contribution in [2.75, 3.05) is 26.4 Å². The van der Waals surface area contributed by atoms with E-state index in [1.807, 2.05) is 6.08 Å². The van der Waals surface area contributed by atoms with Crippen molar-refractivity contribution in [2.24, 2.45) is 0 Å². The van der Waals surface area contributed by atoms with E-state index in [0.717, 1.165) is 83.5 Å². The van der Waals surface area contributed by atoms with E-state index in [0.29, 0.717) is 6.42 Å². The van der Waals surface area contributed by atoms with E-state index in [9.17, 15) is 61.0 Å². The predicted octanol–water partition coefficient (Wildman–Crippen LogP) is 12.8. The van der Waals surface area contributed by atoms with E-state index < -0.39 is 124 Å². The van der Waals surface area contributed by atoms with Crippen LogP contribution in [0.1, 0.15) is 296 Å². The summed E-state index contributed by atoms with van der Waals surface area (Å²) in [4.78, 5) is 13.5. The Hall–Kier alpha value is -2.77. The fourth-order valence-electron chi connectivity index (χ4n) is 13.2. The Morgan fingerprint density at radius 1 is 0.374 bits per heavy atom. The van der Waals surface area contributed by atoms with E-state index in [1.165, 1.54) is 186 Å². The van der Waals surface area contributed by atoms with Gasteiger partial charge in [-0.05, 0) is 64.2 Å². The molecule has 3 aliphatic heterocycles. The van der Waals surface area contributed by atoms with Crippen molar-refractivity contribution in [2.45, 2.75) is 401 Å². The number of hydrogen-bond donors (Lipinski definition) is 12. The smallest absolute Gasteiger partial charge is 0.220 e. The quantitative estimate of drug-likeness (QED) is 0.0199. The number of nitrogens with one attached hydrogen (secondary N) is 1. The Kier molecular flexibility index (Phi) is 55.3. The molecule has 0 radical (unpaired) electrons. The first-order valence-corrected chi connectivity index (χ1v) is 39.7. The maximum absolute atomic E-state index is 13.5. The first kappa shape index (κ1) is 90.4. The molecule has 0 aromatic heterocycles. The topological polar surface area (TPSA) is 307 Å². The third-order valence-corrected chi connectivity index (χ3v) is 19.5. The summed E-state index contributed by atoms with van der Waals surface area (Å²) in [5.74, 6) is -0.276. The Balaban J connectivity index is 1.39. The molecule has 0 aromatic carbocycles. The van der Waals surface area contributed by atoms with Crippen LogP contribution in [0.25, 0.3) is 0 Å². The van der Waals surface area contributed by atoms with Gasteiger partial charge in [0.1, 0.15) is 73.2 Å². The van der Waals surface area contributed by atoms with Crippen molar-refractivity contribution < 1.29 is 89.4 Å². The predicted molar refractivity (Wildman–Crippen MR) is 392 cm³/mol. The highest BCUT2D eigenvalue weighted by atomic mass is 16.8.